The van der Waals surface area contributed by atoms with Gasteiger partial charge in [-0.2, -0.15) is 4.98 Å². The van der Waals surface area contributed by atoms with Crippen LogP contribution in [0.25, 0.3) is 11.1 Å². The summed E-state index contributed by atoms with van der Waals surface area (Å²) in [5, 5.41) is 11.0. The first-order chi connectivity index (χ1) is 9.16. The number of oxazole rings is 1. The summed E-state index contributed by atoms with van der Waals surface area (Å²) < 4.78 is 11.0. The van der Waals surface area contributed by atoms with Crippen LogP contribution >= 0.6 is 0 Å². The molecule has 0 unspecified atom stereocenters. The smallest absolute Gasteiger partial charge is 0.545 e. The van der Waals surface area contributed by atoms with Gasteiger partial charge in [0.15, 0.2) is 5.58 Å². The minimum atomic E-state index is -1.25. The molecule has 2 aromatic rings. The first-order valence-electron chi connectivity index (χ1n) is 6.12. The molecule has 1 atom stereocenters. The molecule has 1 aromatic carbocycles. The maximum atomic E-state index is 11.0. The molecule has 0 bridgehead atoms. The molecule has 0 aliphatic carbocycles. The molecule has 2 heterocycles. The number of para-hydroxylation sites is 1. The van der Waals surface area contributed by atoms with Crippen molar-refractivity contribution in [3.63, 3.8) is 0 Å². The second kappa shape index (κ2) is 5.88. The van der Waals surface area contributed by atoms with Gasteiger partial charge in [-0.3, -0.25) is 0 Å². The van der Waals surface area contributed by atoms with Crippen LogP contribution in [0.4, 0.5) is 6.01 Å². The fourth-order valence-corrected chi connectivity index (χ4v) is 2.24. The number of rotatable bonds is 2. The number of ether oxygens (including phenoxy) is 1. The van der Waals surface area contributed by atoms with Crippen molar-refractivity contribution in [1.29, 1.82) is 0 Å². The van der Waals surface area contributed by atoms with Gasteiger partial charge in [0.25, 0.3) is 6.01 Å². The van der Waals surface area contributed by atoms with Crippen LogP contribution in [0.5, 0.6) is 0 Å². The van der Waals surface area contributed by atoms with Crippen molar-refractivity contribution in [3.05, 3.63) is 23.8 Å². The van der Waals surface area contributed by atoms with Crippen LogP contribution in [-0.4, -0.2) is 36.8 Å². The van der Waals surface area contributed by atoms with E-state index in [2.05, 4.69) is 4.98 Å². The normalized spacial score (nSPS) is 18.9. The molecular weight excluding hydrogens is 255 g/mol. The van der Waals surface area contributed by atoms with E-state index in [1.54, 1.807) is 12.1 Å². The molecule has 1 saturated heterocycles. The van der Waals surface area contributed by atoms with Crippen molar-refractivity contribution >= 4 is 23.1 Å². The van der Waals surface area contributed by atoms with Gasteiger partial charge in [0.05, 0.1) is 25.2 Å². The zero-order valence-electron chi connectivity index (χ0n) is 11.5. The van der Waals surface area contributed by atoms with Crippen LogP contribution < -0.4 is 28.9 Å². The zero-order chi connectivity index (χ0) is 13.4. The van der Waals surface area contributed by atoms with Gasteiger partial charge >= 0.3 is 18.9 Å². The third kappa shape index (κ3) is 2.55. The number of anilines is 1. The number of nitrogens with zero attached hydrogens (tertiary/aromatic N) is 2. The van der Waals surface area contributed by atoms with Crippen LogP contribution in [0.3, 0.4) is 0 Å². The topological polar surface area (TPSA) is 78.6 Å². The Morgan fingerprint density at radius 3 is 3.00 bits per heavy atom. The predicted molar refractivity (Wildman–Crippen MR) is 66.0 cm³/mol. The molecule has 1 fully saturated rings. The Labute approximate surface area is 127 Å². The summed E-state index contributed by atoms with van der Waals surface area (Å²) in [6.45, 7) is 3.89. The van der Waals surface area contributed by atoms with Crippen molar-refractivity contribution in [2.45, 2.75) is 13.0 Å². The van der Waals surface area contributed by atoms with Gasteiger partial charge in [-0.25, -0.2) is 0 Å². The summed E-state index contributed by atoms with van der Waals surface area (Å²) >= 11 is 0. The Hall–Kier alpha value is -1.48. The van der Waals surface area contributed by atoms with Gasteiger partial charge < -0.3 is 24.0 Å². The molecule has 1 aromatic heterocycles. The number of benzene rings is 1. The summed E-state index contributed by atoms with van der Waals surface area (Å²) in [7, 11) is 0. The Kier molecular flexibility index (Phi) is 4.38. The van der Waals surface area contributed by atoms with Crippen LogP contribution in [0.15, 0.2) is 22.6 Å². The monoisotopic (exact) mass is 268 g/mol. The van der Waals surface area contributed by atoms with Crippen molar-refractivity contribution < 1.29 is 37.9 Å². The van der Waals surface area contributed by atoms with E-state index in [-0.39, 0.29) is 30.5 Å². The average Bonchev–Trinajstić information content (AvgIpc) is 2.82. The second-order valence-corrected chi connectivity index (χ2v) is 4.55. The quantitative estimate of drug-likeness (QED) is 0.557. The van der Waals surface area contributed by atoms with E-state index < -0.39 is 5.97 Å². The van der Waals surface area contributed by atoms with E-state index in [1.165, 1.54) is 6.07 Å². The maximum Gasteiger partial charge on any atom is 1.00 e. The summed E-state index contributed by atoms with van der Waals surface area (Å²) in [6, 6.07) is 5.36. The van der Waals surface area contributed by atoms with Crippen LogP contribution in [-0.2, 0) is 4.74 Å². The summed E-state index contributed by atoms with van der Waals surface area (Å²) in [6.07, 6.45) is 0. The number of carbonyl (C=O) groups is 1. The standard InChI is InChI=1S/C13H14N2O4.Li/c1-8-7-18-6-5-15(8)13-14-11-9(12(16)17)3-2-4-10(11)19-13;/h2-4,8H,5-7H2,1H3,(H,16,17);/q;+1/p-1/t8-;/m1./s1. The summed E-state index contributed by atoms with van der Waals surface area (Å²) in [5.74, 6) is -1.25. The van der Waals surface area contributed by atoms with Gasteiger partial charge in [0.2, 0.25) is 0 Å². The zero-order valence-corrected chi connectivity index (χ0v) is 11.5. The molecule has 1 aliphatic rings. The first-order valence-corrected chi connectivity index (χ1v) is 6.12. The molecule has 6 nitrogen and oxygen atoms in total. The maximum absolute atomic E-state index is 11.0. The van der Waals surface area contributed by atoms with Crippen molar-refractivity contribution in [1.82, 2.24) is 4.98 Å². The number of carboxylic acid groups (broad SMARTS) is 1. The van der Waals surface area contributed by atoms with Gasteiger partial charge in [0, 0.05) is 12.1 Å². The van der Waals surface area contributed by atoms with E-state index in [0.29, 0.717) is 36.9 Å². The summed E-state index contributed by atoms with van der Waals surface area (Å²) in [4.78, 5) is 17.3. The number of fused-ring (bicyclic) bond motifs is 1. The van der Waals surface area contributed by atoms with Crippen LogP contribution in [0, 0.1) is 0 Å². The molecule has 1 aliphatic heterocycles. The van der Waals surface area contributed by atoms with E-state index in [0.717, 1.165) is 0 Å². The van der Waals surface area contributed by atoms with Gasteiger partial charge in [-0.1, -0.05) is 12.1 Å². The first kappa shape index (κ1) is 14.9. The Morgan fingerprint density at radius 2 is 2.30 bits per heavy atom. The fourth-order valence-electron chi connectivity index (χ4n) is 2.24. The number of carbonyl (C=O) groups excluding carboxylic acids is 1. The fraction of sp³-hybridized carbons (Fsp3) is 0.385. The molecule has 7 heteroatoms. The number of hydrogen-bond acceptors (Lipinski definition) is 6. The van der Waals surface area contributed by atoms with Crippen molar-refractivity contribution in [2.75, 3.05) is 24.7 Å². The van der Waals surface area contributed by atoms with Crippen molar-refractivity contribution in [3.8, 4) is 0 Å². The summed E-state index contributed by atoms with van der Waals surface area (Å²) in [5.41, 5.74) is 0.833. The Balaban J connectivity index is 0.00000147. The molecule has 0 N–H and O–H groups in total. The van der Waals surface area contributed by atoms with E-state index in [9.17, 15) is 9.90 Å². The molecule has 0 radical (unpaired) electrons. The molecule has 0 saturated carbocycles. The van der Waals surface area contributed by atoms with Gasteiger partial charge in [-0.05, 0) is 13.0 Å². The molecule has 100 valence electrons. The number of hydrogen-bond donors (Lipinski definition) is 0. The number of carboxylic acids is 1. The number of morpholine rings is 1. The molecular formula is C13H13LiN2O4. The van der Waals surface area contributed by atoms with Gasteiger partial charge in [0.1, 0.15) is 5.52 Å². The molecule has 0 amide bonds. The number of aromatic nitrogens is 1. The number of aromatic carboxylic acids is 1. The largest absolute Gasteiger partial charge is 1.00 e. The van der Waals surface area contributed by atoms with E-state index in [4.69, 9.17) is 9.15 Å². The molecule has 20 heavy (non-hydrogen) atoms. The minimum absolute atomic E-state index is 0. The van der Waals surface area contributed by atoms with Gasteiger partial charge in [-0.15, -0.1) is 0 Å². The Morgan fingerprint density at radius 1 is 1.50 bits per heavy atom. The average molecular weight is 268 g/mol. The second-order valence-electron chi connectivity index (χ2n) is 4.55. The Bertz CT molecular complexity index is 628. The van der Waals surface area contributed by atoms with Crippen LogP contribution in [0.2, 0.25) is 0 Å². The molecule has 3 rings (SSSR count). The van der Waals surface area contributed by atoms with E-state index >= 15 is 0 Å². The van der Waals surface area contributed by atoms with E-state index in [1.807, 2.05) is 11.8 Å². The van der Waals surface area contributed by atoms with Crippen LogP contribution in [0.1, 0.15) is 17.3 Å². The predicted octanol–water partition coefficient (Wildman–Crippen LogP) is -2.58. The third-order valence-corrected chi connectivity index (χ3v) is 3.24. The van der Waals surface area contributed by atoms with Crippen molar-refractivity contribution in [2.24, 2.45) is 0 Å². The molecule has 0 spiro atoms. The minimum Gasteiger partial charge on any atom is -0.545 e. The SMILES string of the molecule is C[C@@H]1COCCN1c1nc2c(C(=O)[O-])cccc2o1.[Li+]. The third-order valence-electron chi connectivity index (χ3n) is 3.24.